The van der Waals surface area contributed by atoms with Gasteiger partial charge in [0.2, 0.25) is 0 Å². The van der Waals surface area contributed by atoms with E-state index in [1.807, 2.05) is 0 Å². The van der Waals surface area contributed by atoms with Gasteiger partial charge in [-0.05, 0) is 0 Å². The number of hydrogen-bond donors (Lipinski definition) is 0. The average Bonchev–Trinajstić information content (AvgIpc) is 2.51. The summed E-state index contributed by atoms with van der Waals surface area (Å²) in [5.41, 5.74) is -1.73. The highest BCUT2D eigenvalue weighted by Crippen LogP contribution is 2.56. The lowest BCUT2D eigenvalue weighted by Crippen LogP contribution is -2.61. The highest BCUT2D eigenvalue weighted by molar-refractivity contribution is 6.80. The first-order valence-electron chi connectivity index (χ1n) is 9.95. The van der Waals surface area contributed by atoms with Crippen LogP contribution in [-0.4, -0.2) is 52.4 Å². The summed E-state index contributed by atoms with van der Waals surface area (Å²) in [6, 6.07) is -5.88. The first-order valence-corrected chi connectivity index (χ1v) is 15.6. The van der Waals surface area contributed by atoms with Crippen LogP contribution < -0.4 is 0 Å². The molecule has 210 valence electrons. The van der Waals surface area contributed by atoms with Crippen molar-refractivity contribution in [2.45, 2.75) is 127 Å². The molecule has 34 heavy (non-hydrogen) atoms. The van der Waals surface area contributed by atoms with Crippen molar-refractivity contribution < 1.29 is 52.7 Å². The van der Waals surface area contributed by atoms with E-state index in [1.54, 1.807) is 0 Å². The molecule has 0 aromatic rings. The minimum absolute atomic E-state index is 0. The third kappa shape index (κ3) is 7.55. The van der Waals surface area contributed by atoms with Crippen molar-refractivity contribution in [2.75, 3.05) is 0 Å². The quantitative estimate of drug-likeness (QED) is 0.164. The Morgan fingerprint density at radius 3 is 1.24 bits per heavy atom. The van der Waals surface area contributed by atoms with Gasteiger partial charge in [0.15, 0.2) is 0 Å². The molecule has 0 rings (SSSR count). The van der Waals surface area contributed by atoms with Crippen molar-refractivity contribution >= 4 is 16.9 Å². The van der Waals surface area contributed by atoms with Crippen molar-refractivity contribution in [3.8, 4) is 0 Å². The van der Waals surface area contributed by atoms with Gasteiger partial charge in [-0.2, -0.15) is 52.7 Å². The molecule has 0 aliphatic rings. The second-order valence-electron chi connectivity index (χ2n) is 9.74. The van der Waals surface area contributed by atoms with E-state index in [-0.39, 0.29) is 14.9 Å². The number of hydrogen-bond acceptors (Lipinski definition) is 0. The maximum atomic E-state index is 14.5. The number of halogens is 12. The average molecular weight is 563 g/mol. The van der Waals surface area contributed by atoms with Gasteiger partial charge in [0.1, 0.15) is 0 Å². The predicted octanol–water partition coefficient (Wildman–Crippen LogP) is 9.85. The summed E-state index contributed by atoms with van der Waals surface area (Å²) < 4.78 is 168. The fraction of sp³-hybridized carbons (Fsp3) is 1.00. The van der Waals surface area contributed by atoms with Gasteiger partial charge in [-0.25, -0.2) is 0 Å². The summed E-state index contributed by atoms with van der Waals surface area (Å²) in [7, 11) is -7.23. The molecule has 0 N–H and O–H groups in total. The Balaban J connectivity index is -0.00000480. The zero-order chi connectivity index (χ0) is 26.4. The Hall–Kier alpha value is -0.406. The zero-order valence-corrected chi connectivity index (χ0v) is 21.0. The fourth-order valence-corrected chi connectivity index (χ4v) is 8.01. The van der Waals surface area contributed by atoms with Crippen molar-refractivity contribution in [1.29, 1.82) is 0 Å². The molecule has 0 aliphatic carbocycles. The predicted molar refractivity (Wildman–Crippen MR) is 118 cm³/mol. The van der Waals surface area contributed by atoms with Crippen LogP contribution in [0.4, 0.5) is 52.7 Å². The van der Waals surface area contributed by atoms with Crippen LogP contribution in [0.2, 0.25) is 42.3 Å². The second kappa shape index (κ2) is 11.3. The second-order valence-corrected chi connectivity index (χ2v) is 18.6. The van der Waals surface area contributed by atoms with E-state index in [2.05, 4.69) is 0 Å². The minimum atomic E-state index is -5.96. The van der Waals surface area contributed by atoms with Gasteiger partial charge >= 0.3 is 35.5 Å². The van der Waals surface area contributed by atoms with Crippen LogP contribution in [0.5, 0.6) is 0 Å². The molecule has 0 spiro atoms. The van der Waals surface area contributed by atoms with E-state index < -0.39 is 88.5 Å². The van der Waals surface area contributed by atoms with Crippen LogP contribution in [0.3, 0.4) is 0 Å². The van der Waals surface area contributed by atoms with Crippen molar-refractivity contribution in [3.05, 3.63) is 0 Å². The lowest BCUT2D eigenvalue weighted by atomic mass is 10.1. The van der Waals surface area contributed by atoms with Crippen LogP contribution in [0.25, 0.3) is 0 Å². The smallest absolute Gasteiger partial charge is 0.200 e. The van der Waals surface area contributed by atoms with Crippen LogP contribution in [0, 0.1) is 0 Å². The molecule has 0 amide bonds. The molecular formula is C20H38F12Si2. The van der Waals surface area contributed by atoms with E-state index in [9.17, 15) is 52.7 Å². The maximum Gasteiger partial charge on any atom is 0.371 e. The van der Waals surface area contributed by atoms with Gasteiger partial charge in [0.05, 0.1) is 8.07 Å². The first-order chi connectivity index (χ1) is 13.7. The van der Waals surface area contributed by atoms with Gasteiger partial charge < -0.3 is 0 Å². The van der Waals surface area contributed by atoms with Gasteiger partial charge in [-0.3, -0.25) is 0 Å². The molecule has 0 aromatic heterocycles. The maximum absolute atomic E-state index is 14.5. The standard InChI is InChI=1S/C18H30F12Si2.2CH4/c1-11(2)31(6)8-14(21,22)18(29,30)16(25,26)10-32(7,12(3)4)9-15(23,24)17(27,28)13(5,19)20;;/h11-12,31H,8-10H2,1-7H3;2*1H4. The van der Waals surface area contributed by atoms with E-state index in [0.29, 0.717) is 6.55 Å². The van der Waals surface area contributed by atoms with Gasteiger partial charge in [-0.15, -0.1) is 0 Å². The molecule has 0 radical (unpaired) electrons. The summed E-state index contributed by atoms with van der Waals surface area (Å²) >= 11 is 0. The normalized spacial score (nSPS) is 17.2. The zero-order valence-electron chi connectivity index (χ0n) is 18.9. The Morgan fingerprint density at radius 1 is 0.647 bits per heavy atom. The number of alkyl halides is 12. The molecule has 0 fully saturated rings. The SMILES string of the molecule is C.C.CC(C)[SiH](C)CC(F)(F)C(F)(F)C(F)(F)C[Si](C)(CC(F)(F)C(F)(F)C(C)(F)F)C(C)C. The molecule has 0 bridgehead atoms. The highest BCUT2D eigenvalue weighted by Gasteiger charge is 2.74. The van der Waals surface area contributed by atoms with Crippen LogP contribution in [0.1, 0.15) is 49.5 Å². The molecule has 2 unspecified atom stereocenters. The molecule has 0 saturated carbocycles. The summed E-state index contributed by atoms with van der Waals surface area (Å²) in [5.74, 6) is -33.3. The van der Waals surface area contributed by atoms with Crippen LogP contribution in [0.15, 0.2) is 0 Å². The van der Waals surface area contributed by atoms with Crippen molar-refractivity contribution in [3.63, 3.8) is 0 Å². The molecule has 0 nitrogen and oxygen atoms in total. The van der Waals surface area contributed by atoms with Crippen molar-refractivity contribution in [1.82, 2.24) is 0 Å². The summed E-state index contributed by atoms with van der Waals surface area (Å²) in [4.78, 5) is 0. The van der Waals surface area contributed by atoms with E-state index >= 15 is 0 Å². The Bertz CT molecular complexity index is 630. The third-order valence-electron chi connectivity index (χ3n) is 6.29. The van der Waals surface area contributed by atoms with E-state index in [1.165, 1.54) is 20.4 Å². The van der Waals surface area contributed by atoms with Crippen LogP contribution >= 0.6 is 0 Å². The monoisotopic (exact) mass is 562 g/mol. The van der Waals surface area contributed by atoms with Crippen molar-refractivity contribution in [2.24, 2.45) is 0 Å². The van der Waals surface area contributed by atoms with Gasteiger partial charge in [0.25, 0.3) is 0 Å². The topological polar surface area (TPSA) is 0 Å². The largest absolute Gasteiger partial charge is 0.371 e. The highest BCUT2D eigenvalue weighted by atomic mass is 28.3. The lowest BCUT2D eigenvalue weighted by molar-refractivity contribution is -0.299. The van der Waals surface area contributed by atoms with Gasteiger partial charge in [-0.1, -0.05) is 66.7 Å². The molecule has 0 aromatic carbocycles. The minimum Gasteiger partial charge on any atom is -0.200 e. The fourth-order valence-electron chi connectivity index (χ4n) is 3.06. The molecule has 2 atom stereocenters. The van der Waals surface area contributed by atoms with Gasteiger partial charge in [0, 0.05) is 33.9 Å². The Kier molecular flexibility index (Phi) is 12.7. The molecular weight excluding hydrogens is 524 g/mol. The van der Waals surface area contributed by atoms with Crippen LogP contribution in [-0.2, 0) is 0 Å². The Morgan fingerprint density at radius 2 is 0.971 bits per heavy atom. The summed E-state index contributed by atoms with van der Waals surface area (Å²) in [5, 5.41) is 0. The summed E-state index contributed by atoms with van der Waals surface area (Å²) in [6.45, 7) is 6.37. The Labute approximate surface area is 197 Å². The first kappa shape index (κ1) is 38.1. The van der Waals surface area contributed by atoms with E-state index in [0.717, 1.165) is 13.8 Å². The number of rotatable bonds is 12. The molecule has 14 heteroatoms. The molecule has 0 heterocycles. The lowest BCUT2D eigenvalue weighted by Gasteiger charge is -2.42. The molecule has 0 aliphatic heterocycles. The third-order valence-corrected chi connectivity index (χ3v) is 15.0. The van der Waals surface area contributed by atoms with E-state index in [4.69, 9.17) is 0 Å². The molecule has 0 saturated heterocycles. The summed E-state index contributed by atoms with van der Waals surface area (Å²) in [6.07, 6.45) is 0.